The first kappa shape index (κ1) is 10.6. The van der Waals surface area contributed by atoms with Gasteiger partial charge in [0.25, 0.3) is 0 Å². The van der Waals surface area contributed by atoms with E-state index in [1.165, 1.54) is 25.7 Å². The van der Waals surface area contributed by atoms with Crippen LogP contribution in [0.2, 0.25) is 0 Å². The standard InChI is InChI=1S/C11H21Br/c1-8(2)10-5-4-6-11(7-10)9(3)12/h8-11H,4-7H2,1-3H3. The Balaban J connectivity index is 2.40. The molecule has 0 amide bonds. The first-order chi connectivity index (χ1) is 5.61. The third-order valence-corrected chi connectivity index (χ3v) is 4.10. The lowest BCUT2D eigenvalue weighted by Gasteiger charge is -2.33. The zero-order chi connectivity index (χ0) is 9.14. The van der Waals surface area contributed by atoms with Crippen molar-refractivity contribution in [2.75, 3.05) is 0 Å². The predicted molar refractivity (Wildman–Crippen MR) is 58.7 cm³/mol. The van der Waals surface area contributed by atoms with Crippen molar-refractivity contribution in [2.45, 2.75) is 51.3 Å². The van der Waals surface area contributed by atoms with E-state index < -0.39 is 0 Å². The summed E-state index contributed by atoms with van der Waals surface area (Å²) in [4.78, 5) is 0.721. The molecular weight excluding hydrogens is 212 g/mol. The van der Waals surface area contributed by atoms with Gasteiger partial charge in [0.05, 0.1) is 0 Å². The van der Waals surface area contributed by atoms with Crippen LogP contribution >= 0.6 is 15.9 Å². The average molecular weight is 233 g/mol. The Labute approximate surface area is 85.3 Å². The molecule has 0 aromatic heterocycles. The van der Waals surface area contributed by atoms with Gasteiger partial charge in [-0.25, -0.2) is 0 Å². The number of alkyl halides is 1. The molecule has 0 spiro atoms. The van der Waals surface area contributed by atoms with Gasteiger partial charge in [0.15, 0.2) is 0 Å². The summed E-state index contributed by atoms with van der Waals surface area (Å²) in [6.07, 6.45) is 5.80. The van der Waals surface area contributed by atoms with E-state index in [1.54, 1.807) is 0 Å². The maximum Gasteiger partial charge on any atom is 0.0145 e. The van der Waals surface area contributed by atoms with E-state index in [2.05, 4.69) is 36.7 Å². The second-order valence-electron chi connectivity index (χ2n) is 4.61. The van der Waals surface area contributed by atoms with Crippen molar-refractivity contribution < 1.29 is 0 Å². The van der Waals surface area contributed by atoms with Crippen LogP contribution in [0.4, 0.5) is 0 Å². The normalized spacial score (nSPS) is 33.8. The lowest BCUT2D eigenvalue weighted by Crippen LogP contribution is -2.24. The summed E-state index contributed by atoms with van der Waals surface area (Å²) in [5, 5.41) is 0. The van der Waals surface area contributed by atoms with Gasteiger partial charge < -0.3 is 0 Å². The van der Waals surface area contributed by atoms with Crippen LogP contribution < -0.4 is 0 Å². The topological polar surface area (TPSA) is 0 Å². The fraction of sp³-hybridized carbons (Fsp3) is 1.00. The summed E-state index contributed by atoms with van der Waals surface area (Å²) in [5.74, 6) is 2.81. The summed E-state index contributed by atoms with van der Waals surface area (Å²) in [7, 11) is 0. The first-order valence-corrected chi connectivity index (χ1v) is 6.17. The Morgan fingerprint density at radius 2 is 1.67 bits per heavy atom. The molecule has 1 rings (SSSR count). The minimum absolute atomic E-state index is 0.721. The van der Waals surface area contributed by atoms with Crippen molar-refractivity contribution in [1.29, 1.82) is 0 Å². The lowest BCUT2D eigenvalue weighted by molar-refractivity contribution is 0.216. The van der Waals surface area contributed by atoms with Gasteiger partial charge in [-0.1, -0.05) is 49.5 Å². The van der Waals surface area contributed by atoms with E-state index in [0.717, 1.165) is 22.6 Å². The molecule has 1 saturated carbocycles. The highest BCUT2D eigenvalue weighted by Crippen LogP contribution is 2.36. The Bertz CT molecular complexity index is 115. The SMILES string of the molecule is CC(C)C1CCCC(C(C)Br)C1. The molecule has 1 aliphatic carbocycles. The second-order valence-corrected chi connectivity index (χ2v) is 6.05. The van der Waals surface area contributed by atoms with Crippen molar-refractivity contribution >= 4 is 15.9 Å². The minimum atomic E-state index is 0.721. The van der Waals surface area contributed by atoms with Crippen LogP contribution in [0, 0.1) is 17.8 Å². The molecule has 1 heteroatoms. The largest absolute Gasteiger partial charge is 0.0891 e. The van der Waals surface area contributed by atoms with Crippen molar-refractivity contribution in [3.63, 3.8) is 0 Å². The van der Waals surface area contributed by atoms with Crippen molar-refractivity contribution in [3.05, 3.63) is 0 Å². The number of hydrogen-bond donors (Lipinski definition) is 0. The summed E-state index contributed by atoms with van der Waals surface area (Å²) in [5.41, 5.74) is 0. The molecule has 0 aromatic carbocycles. The highest BCUT2D eigenvalue weighted by molar-refractivity contribution is 9.09. The molecule has 1 aliphatic rings. The van der Waals surface area contributed by atoms with Gasteiger partial charge in [-0.2, -0.15) is 0 Å². The smallest absolute Gasteiger partial charge is 0.0145 e. The van der Waals surface area contributed by atoms with Crippen LogP contribution in [0.3, 0.4) is 0 Å². The molecule has 12 heavy (non-hydrogen) atoms. The Morgan fingerprint density at radius 3 is 2.17 bits per heavy atom. The van der Waals surface area contributed by atoms with E-state index in [4.69, 9.17) is 0 Å². The van der Waals surface area contributed by atoms with Gasteiger partial charge in [-0.15, -0.1) is 0 Å². The Hall–Kier alpha value is 0.480. The second kappa shape index (κ2) is 4.64. The molecule has 0 aliphatic heterocycles. The molecule has 0 N–H and O–H groups in total. The fourth-order valence-corrected chi connectivity index (χ4v) is 2.77. The number of rotatable bonds is 2. The average Bonchev–Trinajstić information content (AvgIpc) is 2.04. The molecule has 0 heterocycles. The fourth-order valence-electron chi connectivity index (χ4n) is 2.29. The molecule has 0 nitrogen and oxygen atoms in total. The van der Waals surface area contributed by atoms with E-state index in [9.17, 15) is 0 Å². The Kier molecular flexibility index (Phi) is 4.09. The van der Waals surface area contributed by atoms with Crippen LogP contribution in [0.5, 0.6) is 0 Å². The Morgan fingerprint density at radius 1 is 1.08 bits per heavy atom. The zero-order valence-corrected chi connectivity index (χ0v) is 10.1. The number of halogens is 1. The third kappa shape index (κ3) is 2.76. The quantitative estimate of drug-likeness (QED) is 0.626. The highest BCUT2D eigenvalue weighted by atomic mass is 79.9. The monoisotopic (exact) mass is 232 g/mol. The van der Waals surface area contributed by atoms with Crippen molar-refractivity contribution in [1.82, 2.24) is 0 Å². The molecule has 1 fully saturated rings. The maximum absolute atomic E-state index is 3.71. The van der Waals surface area contributed by atoms with Gasteiger partial charge in [0.2, 0.25) is 0 Å². The summed E-state index contributed by atoms with van der Waals surface area (Å²) >= 11 is 3.71. The molecule has 0 radical (unpaired) electrons. The summed E-state index contributed by atoms with van der Waals surface area (Å²) in [6.45, 7) is 7.03. The summed E-state index contributed by atoms with van der Waals surface area (Å²) in [6, 6.07) is 0. The van der Waals surface area contributed by atoms with E-state index in [0.29, 0.717) is 0 Å². The first-order valence-electron chi connectivity index (χ1n) is 5.25. The maximum atomic E-state index is 3.71. The van der Waals surface area contributed by atoms with Crippen LogP contribution in [-0.4, -0.2) is 4.83 Å². The van der Waals surface area contributed by atoms with Crippen LogP contribution in [-0.2, 0) is 0 Å². The van der Waals surface area contributed by atoms with Gasteiger partial charge in [0.1, 0.15) is 0 Å². The van der Waals surface area contributed by atoms with Gasteiger partial charge in [-0.05, 0) is 30.6 Å². The van der Waals surface area contributed by atoms with Gasteiger partial charge in [-0.3, -0.25) is 0 Å². The molecule has 3 unspecified atom stereocenters. The van der Waals surface area contributed by atoms with Crippen molar-refractivity contribution in [3.8, 4) is 0 Å². The number of hydrogen-bond acceptors (Lipinski definition) is 0. The van der Waals surface area contributed by atoms with E-state index in [1.807, 2.05) is 0 Å². The predicted octanol–water partition coefficient (Wildman–Crippen LogP) is 4.23. The molecule has 0 saturated heterocycles. The minimum Gasteiger partial charge on any atom is -0.0891 e. The lowest BCUT2D eigenvalue weighted by atomic mass is 9.75. The molecule has 0 bridgehead atoms. The molecule has 72 valence electrons. The van der Waals surface area contributed by atoms with Crippen molar-refractivity contribution in [2.24, 2.45) is 17.8 Å². The van der Waals surface area contributed by atoms with Gasteiger partial charge in [0, 0.05) is 4.83 Å². The molecular formula is C11H21Br. The van der Waals surface area contributed by atoms with Crippen LogP contribution in [0.1, 0.15) is 46.5 Å². The molecule has 3 atom stereocenters. The molecule has 0 aromatic rings. The zero-order valence-electron chi connectivity index (χ0n) is 8.52. The third-order valence-electron chi connectivity index (χ3n) is 3.35. The van der Waals surface area contributed by atoms with Crippen LogP contribution in [0.15, 0.2) is 0 Å². The van der Waals surface area contributed by atoms with E-state index in [-0.39, 0.29) is 0 Å². The van der Waals surface area contributed by atoms with Gasteiger partial charge >= 0.3 is 0 Å². The summed E-state index contributed by atoms with van der Waals surface area (Å²) < 4.78 is 0. The van der Waals surface area contributed by atoms with E-state index >= 15 is 0 Å². The highest BCUT2D eigenvalue weighted by Gasteiger charge is 2.26. The van der Waals surface area contributed by atoms with Crippen LogP contribution in [0.25, 0.3) is 0 Å².